The third-order valence-electron chi connectivity index (χ3n) is 8.21. The minimum absolute atomic E-state index is 0.0282. The van der Waals surface area contributed by atoms with E-state index in [2.05, 4.69) is 10.3 Å². The van der Waals surface area contributed by atoms with Gasteiger partial charge in [0.15, 0.2) is 0 Å². The minimum atomic E-state index is -1.11. The molecule has 4 aromatic rings. The van der Waals surface area contributed by atoms with Gasteiger partial charge in [-0.25, -0.2) is 14.6 Å². The van der Waals surface area contributed by atoms with Crippen LogP contribution in [0.3, 0.4) is 0 Å². The number of primary amides is 1. The molecule has 3 amide bonds. The molecule has 1 unspecified atom stereocenters. The Labute approximate surface area is 292 Å². The summed E-state index contributed by atoms with van der Waals surface area (Å²) in [5, 5.41) is 2.81. The number of imidazole rings is 1. The predicted octanol–water partition coefficient (Wildman–Crippen LogP) is 5.81. The molecular weight excluding hydrogens is 638 g/mol. The van der Waals surface area contributed by atoms with Crippen LogP contribution in [0.2, 0.25) is 0 Å². The molecule has 264 valence electrons. The van der Waals surface area contributed by atoms with Gasteiger partial charge in [0, 0.05) is 30.3 Å². The molecule has 0 aliphatic heterocycles. The average molecular weight is 684 g/mol. The van der Waals surface area contributed by atoms with Crippen molar-refractivity contribution in [2.75, 3.05) is 14.2 Å². The van der Waals surface area contributed by atoms with Crippen LogP contribution >= 0.6 is 0 Å². The molecule has 3 aromatic carbocycles. The Bertz CT molecular complexity index is 1840. The smallest absolute Gasteiger partial charge is 0.408 e. The molecule has 2 atom stereocenters. The van der Waals surface area contributed by atoms with E-state index in [9.17, 15) is 19.2 Å². The first-order chi connectivity index (χ1) is 23.6. The highest BCUT2D eigenvalue weighted by Crippen LogP contribution is 2.28. The van der Waals surface area contributed by atoms with Crippen LogP contribution in [-0.2, 0) is 27.2 Å². The molecule has 12 nitrogen and oxygen atoms in total. The van der Waals surface area contributed by atoms with Crippen molar-refractivity contribution in [3.05, 3.63) is 106 Å². The monoisotopic (exact) mass is 683 g/mol. The van der Waals surface area contributed by atoms with Crippen molar-refractivity contribution in [3.63, 3.8) is 0 Å². The Morgan fingerprint density at radius 1 is 0.980 bits per heavy atom. The molecule has 0 aliphatic rings. The summed E-state index contributed by atoms with van der Waals surface area (Å²) in [5.74, 6) is -0.772. The van der Waals surface area contributed by atoms with Gasteiger partial charge in [0.25, 0.3) is 0 Å². The van der Waals surface area contributed by atoms with Gasteiger partial charge < -0.3 is 35.1 Å². The van der Waals surface area contributed by atoms with Crippen LogP contribution in [0, 0.1) is 13.8 Å². The van der Waals surface area contributed by atoms with Gasteiger partial charge in [0.1, 0.15) is 28.8 Å². The summed E-state index contributed by atoms with van der Waals surface area (Å²) < 4.78 is 15.9. The second kappa shape index (κ2) is 15.7. The van der Waals surface area contributed by atoms with Gasteiger partial charge in [0.2, 0.25) is 11.8 Å². The van der Waals surface area contributed by atoms with E-state index in [1.807, 2.05) is 51.1 Å². The van der Waals surface area contributed by atoms with Crippen LogP contribution in [0.1, 0.15) is 82.5 Å². The number of carbonyl (C=O) groups excluding carboxylic acids is 4. The van der Waals surface area contributed by atoms with Crippen LogP contribution in [0.5, 0.6) is 5.75 Å². The average Bonchev–Trinajstić information content (AvgIpc) is 3.57. The lowest BCUT2D eigenvalue weighted by atomic mass is 9.93. The first-order valence-corrected chi connectivity index (χ1v) is 16.2. The molecule has 0 saturated heterocycles. The van der Waals surface area contributed by atoms with Gasteiger partial charge in [-0.1, -0.05) is 36.4 Å². The van der Waals surface area contributed by atoms with Crippen molar-refractivity contribution in [3.8, 4) is 17.0 Å². The van der Waals surface area contributed by atoms with Crippen molar-refractivity contribution < 1.29 is 33.4 Å². The van der Waals surface area contributed by atoms with Gasteiger partial charge in [-0.15, -0.1) is 0 Å². The Morgan fingerprint density at radius 2 is 1.64 bits per heavy atom. The number of aromatic amines is 1. The van der Waals surface area contributed by atoms with Crippen molar-refractivity contribution in [2.24, 2.45) is 5.73 Å². The number of aryl methyl sites for hydroxylation is 2. The van der Waals surface area contributed by atoms with Crippen LogP contribution < -0.4 is 15.8 Å². The SMILES string of the molecule is COC(=O)c1cc(CN(C(=O)[C@H](Cc2c(C)cc(C(N)=O)cc2C)NC(=O)OC(C)(C)C)C(C)c2nc(-c3ccccc3)c[nH]2)ccc1OC. The number of amides is 3. The largest absolute Gasteiger partial charge is 0.496 e. The summed E-state index contributed by atoms with van der Waals surface area (Å²) in [6.07, 6.45) is 1.09. The van der Waals surface area contributed by atoms with E-state index >= 15 is 0 Å². The molecule has 1 heterocycles. The molecule has 0 saturated carbocycles. The molecule has 0 spiro atoms. The molecule has 0 bridgehead atoms. The summed E-state index contributed by atoms with van der Waals surface area (Å²) in [7, 11) is 2.73. The predicted molar refractivity (Wildman–Crippen MR) is 189 cm³/mol. The fourth-order valence-electron chi connectivity index (χ4n) is 5.69. The van der Waals surface area contributed by atoms with Crippen LogP contribution in [0.4, 0.5) is 4.79 Å². The Kier molecular flexibility index (Phi) is 11.7. The number of aromatic nitrogens is 2. The molecule has 0 radical (unpaired) electrons. The topological polar surface area (TPSA) is 166 Å². The van der Waals surface area contributed by atoms with Gasteiger partial charge in [-0.2, -0.15) is 0 Å². The highest BCUT2D eigenvalue weighted by molar-refractivity contribution is 5.94. The van der Waals surface area contributed by atoms with Crippen molar-refractivity contribution in [1.29, 1.82) is 0 Å². The van der Waals surface area contributed by atoms with Gasteiger partial charge >= 0.3 is 12.1 Å². The van der Waals surface area contributed by atoms with Gasteiger partial charge in [-0.05, 0) is 88.1 Å². The third-order valence-corrected chi connectivity index (χ3v) is 8.21. The van der Waals surface area contributed by atoms with Crippen LogP contribution in [-0.4, -0.2) is 64.6 Å². The maximum Gasteiger partial charge on any atom is 0.408 e. The number of nitrogens with two attached hydrogens (primary N) is 1. The third kappa shape index (κ3) is 9.07. The first-order valence-electron chi connectivity index (χ1n) is 16.2. The zero-order chi connectivity index (χ0) is 36.7. The summed E-state index contributed by atoms with van der Waals surface area (Å²) in [6, 6.07) is 16.2. The number of hydrogen-bond acceptors (Lipinski definition) is 8. The zero-order valence-corrected chi connectivity index (χ0v) is 29.7. The number of methoxy groups -OCH3 is 2. The van der Waals surface area contributed by atoms with Crippen molar-refractivity contribution in [2.45, 2.75) is 72.2 Å². The lowest BCUT2D eigenvalue weighted by Crippen LogP contribution is -2.51. The Balaban J connectivity index is 1.81. The number of benzene rings is 3. The Hall–Kier alpha value is -5.65. The summed E-state index contributed by atoms with van der Waals surface area (Å²) in [5.41, 5.74) is 9.70. The summed E-state index contributed by atoms with van der Waals surface area (Å²) in [4.78, 5) is 62.3. The lowest BCUT2D eigenvalue weighted by molar-refractivity contribution is -0.136. The number of nitrogens with one attached hydrogen (secondary N) is 2. The highest BCUT2D eigenvalue weighted by Gasteiger charge is 2.33. The number of alkyl carbamates (subject to hydrolysis) is 1. The summed E-state index contributed by atoms with van der Waals surface area (Å²) in [6.45, 7) is 10.7. The number of esters is 1. The maximum absolute atomic E-state index is 14.9. The van der Waals surface area contributed by atoms with Crippen molar-refractivity contribution >= 4 is 23.9 Å². The van der Waals surface area contributed by atoms with E-state index in [1.54, 1.807) is 62.2 Å². The van der Waals surface area contributed by atoms with E-state index in [-0.39, 0.29) is 18.5 Å². The summed E-state index contributed by atoms with van der Waals surface area (Å²) >= 11 is 0. The standard InChI is InChI=1S/C38H45N5O7/c1-22-16-27(33(39)44)17-23(2)28(22)19-30(42-37(47)50-38(4,5)6)35(45)43(21-25-14-15-32(48-7)29(18-25)36(46)49-8)24(3)34-40-20-31(41-34)26-12-10-9-11-13-26/h9-18,20,24,30H,19,21H2,1-8H3,(H2,39,44)(H,40,41)(H,42,47)/t24?,30-/m0/s1. The van der Waals surface area contributed by atoms with Crippen molar-refractivity contribution in [1.82, 2.24) is 20.2 Å². The molecule has 0 aliphatic carbocycles. The number of ether oxygens (including phenoxy) is 3. The molecule has 4 rings (SSSR count). The van der Waals surface area contributed by atoms with E-state index in [4.69, 9.17) is 24.9 Å². The maximum atomic E-state index is 14.9. The Morgan fingerprint density at radius 3 is 2.22 bits per heavy atom. The quantitative estimate of drug-likeness (QED) is 0.157. The number of carbonyl (C=O) groups is 4. The first kappa shape index (κ1) is 37.2. The van der Waals surface area contributed by atoms with E-state index in [0.717, 1.165) is 22.3 Å². The second-order valence-electron chi connectivity index (χ2n) is 13.1. The normalized spacial score (nSPS) is 12.4. The number of nitrogens with zero attached hydrogens (tertiary/aromatic N) is 2. The molecule has 12 heteroatoms. The van der Waals surface area contributed by atoms with Gasteiger partial charge in [-0.3, -0.25) is 9.59 Å². The zero-order valence-electron chi connectivity index (χ0n) is 29.7. The molecular formula is C38H45N5O7. The van der Waals surface area contributed by atoms with E-state index in [1.165, 1.54) is 14.2 Å². The number of rotatable bonds is 12. The van der Waals surface area contributed by atoms with Gasteiger partial charge in [0.05, 0.1) is 26.0 Å². The fourth-order valence-corrected chi connectivity index (χ4v) is 5.69. The molecule has 4 N–H and O–H groups in total. The second-order valence-corrected chi connectivity index (χ2v) is 13.1. The lowest BCUT2D eigenvalue weighted by Gasteiger charge is -2.33. The molecule has 0 fully saturated rings. The van der Waals surface area contributed by atoms with E-state index in [0.29, 0.717) is 28.4 Å². The van der Waals surface area contributed by atoms with Crippen LogP contribution in [0.15, 0.2) is 66.9 Å². The van der Waals surface area contributed by atoms with E-state index < -0.39 is 41.6 Å². The molecule has 50 heavy (non-hydrogen) atoms. The highest BCUT2D eigenvalue weighted by atomic mass is 16.6. The van der Waals surface area contributed by atoms with Crippen LogP contribution in [0.25, 0.3) is 11.3 Å². The molecule has 1 aromatic heterocycles. The minimum Gasteiger partial charge on any atom is -0.496 e. The fraction of sp³-hybridized carbons (Fsp3) is 0.342. The number of hydrogen-bond donors (Lipinski definition) is 3. The number of H-pyrrole nitrogens is 1.